The van der Waals surface area contributed by atoms with Crippen LogP contribution >= 0.6 is 0 Å². The maximum atomic E-state index is 12.7. The highest BCUT2D eigenvalue weighted by Crippen LogP contribution is 2.43. The van der Waals surface area contributed by atoms with Crippen LogP contribution in [0, 0.1) is 0 Å². The predicted octanol–water partition coefficient (Wildman–Crippen LogP) is 4.74. The van der Waals surface area contributed by atoms with Crippen molar-refractivity contribution in [2.45, 2.75) is 76.8 Å². The van der Waals surface area contributed by atoms with Gasteiger partial charge in [-0.1, -0.05) is 45.9 Å². The standard InChI is InChI=1S/C25H34N4O4Si/c1-7-18-20(30)21(33-34(5,6)25(2,3)4)24(32-18)29-15-27-19-17(29)13-14-26-22(19)28-23(31)16-11-9-8-10-12-16/h8-15,18,20-21,24,30H,7H2,1-6H3,(H,26,28,31)/t18-,20-,21-,24-/m1/s1. The minimum atomic E-state index is -2.19. The van der Waals surface area contributed by atoms with Crippen molar-refractivity contribution in [3.8, 4) is 0 Å². The third-order valence-corrected chi connectivity index (χ3v) is 11.5. The largest absolute Gasteiger partial charge is 0.407 e. The minimum Gasteiger partial charge on any atom is -0.407 e. The zero-order valence-corrected chi connectivity index (χ0v) is 21.6. The van der Waals surface area contributed by atoms with E-state index in [4.69, 9.17) is 9.16 Å². The van der Waals surface area contributed by atoms with E-state index in [2.05, 4.69) is 49.1 Å². The van der Waals surface area contributed by atoms with Crippen LogP contribution in [0.5, 0.6) is 0 Å². The lowest BCUT2D eigenvalue weighted by Crippen LogP contribution is -2.48. The molecule has 2 aromatic heterocycles. The van der Waals surface area contributed by atoms with Gasteiger partial charge in [-0.05, 0) is 42.8 Å². The van der Waals surface area contributed by atoms with Crippen LogP contribution in [-0.2, 0) is 9.16 Å². The molecule has 0 aliphatic carbocycles. The van der Waals surface area contributed by atoms with Crippen LogP contribution in [0.25, 0.3) is 11.0 Å². The van der Waals surface area contributed by atoms with Crippen molar-refractivity contribution in [1.82, 2.24) is 14.5 Å². The van der Waals surface area contributed by atoms with Gasteiger partial charge < -0.3 is 24.2 Å². The minimum absolute atomic E-state index is 0.0165. The summed E-state index contributed by atoms with van der Waals surface area (Å²) in [6.07, 6.45) is 1.81. The number of aliphatic hydroxyl groups excluding tert-OH is 1. The van der Waals surface area contributed by atoms with E-state index in [1.165, 1.54) is 0 Å². The van der Waals surface area contributed by atoms with E-state index in [1.54, 1.807) is 24.7 Å². The quantitative estimate of drug-likeness (QED) is 0.492. The average Bonchev–Trinajstić information content (AvgIpc) is 3.35. The molecular formula is C25H34N4O4Si. The highest BCUT2D eigenvalue weighted by Gasteiger charge is 2.50. The molecule has 3 aromatic rings. The maximum Gasteiger partial charge on any atom is 0.256 e. The molecule has 3 heterocycles. The number of hydrogen-bond donors (Lipinski definition) is 2. The first-order chi connectivity index (χ1) is 16.0. The number of rotatable bonds is 6. The molecule has 1 amide bonds. The second-order valence-corrected chi connectivity index (χ2v) is 15.1. The summed E-state index contributed by atoms with van der Waals surface area (Å²) in [6.45, 7) is 12.9. The molecule has 8 nitrogen and oxygen atoms in total. The summed E-state index contributed by atoms with van der Waals surface area (Å²) in [4.78, 5) is 21.6. The SMILES string of the molecule is CC[C@H]1O[C@@H](n2cnc3c(NC(=O)c4ccccc4)nccc32)[C@H](O[Si](C)(C)C(C)(C)C)[C@@H]1O. The number of carbonyl (C=O) groups excluding carboxylic acids is 1. The van der Waals surface area contributed by atoms with Crippen molar-refractivity contribution in [2.24, 2.45) is 0 Å². The maximum absolute atomic E-state index is 12.7. The number of carbonyl (C=O) groups is 1. The molecule has 0 spiro atoms. The Kier molecular flexibility index (Phi) is 6.65. The highest BCUT2D eigenvalue weighted by molar-refractivity contribution is 6.74. The molecule has 1 aliphatic rings. The van der Waals surface area contributed by atoms with Gasteiger partial charge in [0.05, 0.1) is 17.9 Å². The van der Waals surface area contributed by atoms with Crippen molar-refractivity contribution < 1.29 is 19.1 Å². The van der Waals surface area contributed by atoms with Crippen molar-refractivity contribution in [3.63, 3.8) is 0 Å². The number of aromatic nitrogens is 3. The molecule has 1 saturated heterocycles. The summed E-state index contributed by atoms with van der Waals surface area (Å²) in [5.74, 6) is 0.116. The molecule has 0 saturated carbocycles. The van der Waals surface area contributed by atoms with Gasteiger partial charge in [0, 0.05) is 11.8 Å². The molecule has 0 bridgehead atoms. The van der Waals surface area contributed by atoms with Gasteiger partial charge >= 0.3 is 0 Å². The van der Waals surface area contributed by atoms with Crippen LogP contribution in [0.1, 0.15) is 50.7 Å². The van der Waals surface area contributed by atoms with E-state index >= 15 is 0 Å². The molecule has 1 fully saturated rings. The average molecular weight is 483 g/mol. The van der Waals surface area contributed by atoms with Gasteiger partial charge in [0.25, 0.3) is 5.91 Å². The normalized spacial score (nSPS) is 23.4. The monoisotopic (exact) mass is 482 g/mol. The van der Waals surface area contributed by atoms with E-state index in [0.717, 1.165) is 5.52 Å². The third-order valence-electron chi connectivity index (χ3n) is 6.99. The van der Waals surface area contributed by atoms with E-state index in [9.17, 15) is 9.90 Å². The molecule has 0 radical (unpaired) electrons. The van der Waals surface area contributed by atoms with Crippen LogP contribution in [0.15, 0.2) is 48.9 Å². The fourth-order valence-corrected chi connectivity index (χ4v) is 5.24. The summed E-state index contributed by atoms with van der Waals surface area (Å²) in [5.41, 5.74) is 1.84. The van der Waals surface area contributed by atoms with Crippen LogP contribution in [-0.4, -0.2) is 52.2 Å². The number of aliphatic hydroxyl groups is 1. The summed E-state index contributed by atoms with van der Waals surface area (Å²) in [7, 11) is -2.19. The zero-order chi connectivity index (χ0) is 24.7. The van der Waals surface area contributed by atoms with Crippen molar-refractivity contribution >= 4 is 31.1 Å². The molecule has 2 N–H and O–H groups in total. The Morgan fingerprint density at radius 2 is 1.91 bits per heavy atom. The van der Waals surface area contributed by atoms with Crippen LogP contribution < -0.4 is 5.32 Å². The number of nitrogens with one attached hydrogen (secondary N) is 1. The number of hydrogen-bond acceptors (Lipinski definition) is 6. The fourth-order valence-electron chi connectivity index (χ4n) is 3.95. The fraction of sp³-hybridized carbons (Fsp3) is 0.480. The molecule has 4 atom stereocenters. The van der Waals surface area contributed by atoms with Gasteiger partial charge in [0.2, 0.25) is 0 Å². The Labute approximate surface area is 201 Å². The van der Waals surface area contributed by atoms with Gasteiger partial charge in [-0.25, -0.2) is 9.97 Å². The second kappa shape index (κ2) is 9.22. The summed E-state index contributed by atoms with van der Waals surface area (Å²) >= 11 is 0. The van der Waals surface area contributed by atoms with Crippen LogP contribution in [0.2, 0.25) is 18.1 Å². The van der Waals surface area contributed by atoms with Gasteiger partial charge in [0.1, 0.15) is 17.7 Å². The number of ether oxygens (including phenoxy) is 1. The van der Waals surface area contributed by atoms with Crippen molar-refractivity contribution in [1.29, 1.82) is 0 Å². The number of amides is 1. The first-order valence-corrected chi connectivity index (χ1v) is 14.6. The number of fused-ring (bicyclic) bond motifs is 1. The number of nitrogens with zero attached hydrogens (tertiary/aromatic N) is 3. The number of benzene rings is 1. The summed E-state index contributed by atoms with van der Waals surface area (Å²) in [6, 6.07) is 10.8. The molecule has 1 aliphatic heterocycles. The van der Waals surface area contributed by atoms with E-state index < -0.39 is 26.8 Å². The number of anilines is 1. The lowest BCUT2D eigenvalue weighted by atomic mass is 10.1. The molecule has 182 valence electrons. The van der Waals surface area contributed by atoms with Crippen molar-refractivity contribution in [2.75, 3.05) is 5.32 Å². The smallest absolute Gasteiger partial charge is 0.256 e. The van der Waals surface area contributed by atoms with E-state index in [1.807, 2.05) is 35.8 Å². The molecule has 4 rings (SSSR count). The van der Waals surface area contributed by atoms with E-state index in [-0.39, 0.29) is 17.0 Å². The highest BCUT2D eigenvalue weighted by atomic mass is 28.4. The van der Waals surface area contributed by atoms with Gasteiger partial charge in [-0.3, -0.25) is 4.79 Å². The number of imidazole rings is 1. The molecular weight excluding hydrogens is 448 g/mol. The molecule has 34 heavy (non-hydrogen) atoms. The lowest BCUT2D eigenvalue weighted by molar-refractivity contribution is -0.0322. The molecule has 0 unspecified atom stereocenters. The summed E-state index contributed by atoms with van der Waals surface area (Å²) < 4.78 is 14.9. The van der Waals surface area contributed by atoms with E-state index in [0.29, 0.717) is 23.3 Å². The lowest BCUT2D eigenvalue weighted by Gasteiger charge is -2.40. The summed E-state index contributed by atoms with van der Waals surface area (Å²) in [5, 5.41) is 13.9. The molecule has 9 heteroatoms. The Hall–Kier alpha value is -2.59. The first kappa shape index (κ1) is 24.5. The Balaban J connectivity index is 1.68. The Bertz CT molecular complexity index is 1160. The predicted molar refractivity (Wildman–Crippen MR) is 134 cm³/mol. The number of pyridine rings is 1. The zero-order valence-electron chi connectivity index (χ0n) is 20.6. The van der Waals surface area contributed by atoms with Gasteiger partial charge in [-0.15, -0.1) is 0 Å². The van der Waals surface area contributed by atoms with Crippen molar-refractivity contribution in [3.05, 3.63) is 54.5 Å². The first-order valence-electron chi connectivity index (χ1n) is 11.7. The second-order valence-electron chi connectivity index (χ2n) is 10.3. The molecule has 1 aromatic carbocycles. The van der Waals surface area contributed by atoms with Gasteiger partial charge in [0.15, 0.2) is 20.4 Å². The Morgan fingerprint density at radius 1 is 1.21 bits per heavy atom. The van der Waals surface area contributed by atoms with Crippen LogP contribution in [0.4, 0.5) is 5.82 Å². The topological polar surface area (TPSA) is 98.5 Å². The third kappa shape index (κ3) is 4.53. The van der Waals surface area contributed by atoms with Gasteiger partial charge in [-0.2, -0.15) is 0 Å². The Morgan fingerprint density at radius 3 is 2.56 bits per heavy atom. The van der Waals surface area contributed by atoms with Crippen LogP contribution in [0.3, 0.4) is 0 Å².